The lowest BCUT2D eigenvalue weighted by molar-refractivity contribution is 1.18. The first-order chi connectivity index (χ1) is 28.2. The average molecular weight is 744 g/mol. The summed E-state index contributed by atoms with van der Waals surface area (Å²) in [4.78, 5) is 16.0. The van der Waals surface area contributed by atoms with Gasteiger partial charge in [-0.2, -0.15) is 0 Å². The Morgan fingerprint density at radius 3 is 1.54 bits per heavy atom. The minimum atomic E-state index is 0.677. The molecule has 0 unspecified atom stereocenters. The van der Waals surface area contributed by atoms with Crippen LogP contribution in [0.3, 0.4) is 0 Å². The van der Waals surface area contributed by atoms with Gasteiger partial charge < -0.3 is 0 Å². The SMILES string of the molecule is c1ccc(-c2ccc(-c3cc(-c4ccc(-c5ccccc5)cc4)nc(-c4ccc5nc(-c6cccc7ccccc67)c6c7ccccc7sc6c5c4)n3)cc2)cc1. The maximum atomic E-state index is 5.44. The lowest BCUT2D eigenvalue weighted by Crippen LogP contribution is -1.97. The third-order valence-corrected chi connectivity index (χ3v) is 12.1. The molecule has 0 N–H and O–H groups in total. The minimum absolute atomic E-state index is 0.677. The van der Waals surface area contributed by atoms with E-state index in [1.54, 1.807) is 0 Å². The predicted molar refractivity (Wildman–Crippen MR) is 240 cm³/mol. The van der Waals surface area contributed by atoms with Crippen molar-refractivity contribution < 1.29 is 0 Å². The Hall–Kier alpha value is -7.27. The van der Waals surface area contributed by atoms with Crippen molar-refractivity contribution in [1.82, 2.24) is 15.0 Å². The Balaban J connectivity index is 1.09. The van der Waals surface area contributed by atoms with Crippen LogP contribution in [-0.2, 0) is 0 Å². The summed E-state index contributed by atoms with van der Waals surface area (Å²) in [6.07, 6.45) is 0. The van der Waals surface area contributed by atoms with E-state index in [2.05, 4.69) is 188 Å². The van der Waals surface area contributed by atoms with Gasteiger partial charge in [-0.1, -0.05) is 170 Å². The summed E-state index contributed by atoms with van der Waals surface area (Å²) in [5, 5.41) is 5.91. The predicted octanol–water partition coefficient (Wildman–Crippen LogP) is 14.5. The lowest BCUT2D eigenvalue weighted by Gasteiger charge is -2.13. The molecule has 0 atom stereocenters. The molecule has 0 aliphatic heterocycles. The quantitative estimate of drug-likeness (QED) is 0.170. The molecule has 11 aromatic rings. The number of nitrogens with zero attached hydrogens (tertiary/aromatic N) is 3. The van der Waals surface area contributed by atoms with Gasteiger partial charge in [-0.15, -0.1) is 11.3 Å². The van der Waals surface area contributed by atoms with Crippen molar-refractivity contribution in [2.45, 2.75) is 0 Å². The first-order valence-corrected chi connectivity index (χ1v) is 20.0. The molecule has 0 radical (unpaired) electrons. The van der Waals surface area contributed by atoms with Gasteiger partial charge in [0.05, 0.1) is 22.6 Å². The van der Waals surface area contributed by atoms with Crippen LogP contribution in [0.1, 0.15) is 0 Å². The highest BCUT2D eigenvalue weighted by molar-refractivity contribution is 7.26. The number of fused-ring (bicyclic) bond motifs is 6. The zero-order chi connectivity index (χ0) is 37.7. The number of thiophene rings is 1. The summed E-state index contributed by atoms with van der Waals surface area (Å²) < 4.78 is 2.46. The highest BCUT2D eigenvalue weighted by atomic mass is 32.1. The van der Waals surface area contributed by atoms with Crippen LogP contribution in [-0.4, -0.2) is 15.0 Å². The van der Waals surface area contributed by atoms with Gasteiger partial charge in [0.2, 0.25) is 0 Å². The Bertz CT molecular complexity index is 3160. The Labute approximate surface area is 334 Å². The topological polar surface area (TPSA) is 38.7 Å². The molecule has 0 aliphatic carbocycles. The number of rotatable bonds is 6. The van der Waals surface area contributed by atoms with Crippen LogP contribution < -0.4 is 0 Å². The third kappa shape index (κ3) is 5.95. The molecule has 11 rings (SSSR count). The number of pyridine rings is 1. The van der Waals surface area contributed by atoms with Crippen LogP contribution in [0.25, 0.3) is 109 Å². The fourth-order valence-electron chi connectivity index (χ4n) is 8.03. The zero-order valence-electron chi connectivity index (χ0n) is 30.8. The van der Waals surface area contributed by atoms with Gasteiger partial charge in [-0.25, -0.2) is 15.0 Å². The third-order valence-electron chi connectivity index (χ3n) is 10.9. The van der Waals surface area contributed by atoms with Crippen molar-refractivity contribution in [1.29, 1.82) is 0 Å². The molecule has 57 heavy (non-hydrogen) atoms. The maximum absolute atomic E-state index is 5.44. The zero-order valence-corrected chi connectivity index (χ0v) is 31.6. The van der Waals surface area contributed by atoms with Gasteiger partial charge >= 0.3 is 0 Å². The fourth-order valence-corrected chi connectivity index (χ4v) is 9.26. The molecule has 0 spiro atoms. The van der Waals surface area contributed by atoms with Gasteiger partial charge in [-0.05, 0) is 63.4 Å². The van der Waals surface area contributed by atoms with Crippen molar-refractivity contribution in [3.8, 4) is 67.4 Å². The second kappa shape index (κ2) is 13.8. The van der Waals surface area contributed by atoms with Crippen molar-refractivity contribution in [3.05, 3.63) is 200 Å². The summed E-state index contributed by atoms with van der Waals surface area (Å²) in [6, 6.07) is 70.7. The van der Waals surface area contributed by atoms with E-state index in [4.69, 9.17) is 15.0 Å². The van der Waals surface area contributed by atoms with Crippen molar-refractivity contribution in [2.75, 3.05) is 0 Å². The Morgan fingerprint density at radius 1 is 0.351 bits per heavy atom. The standard InChI is InChI=1S/C53H33N3S/c1-3-12-34(13-4-1)36-22-26-39(27-23-36)47-33-48(40-28-24-37(25-29-40)35-14-5-2-6-15-35)56-53(55-47)41-30-31-46-45(32-41)52-50(44-19-9-10-21-49(44)57-52)51(54-46)43-20-11-17-38-16-7-8-18-42(38)43/h1-33H. The summed E-state index contributed by atoms with van der Waals surface area (Å²) in [5.41, 5.74) is 12.6. The van der Waals surface area contributed by atoms with E-state index in [1.165, 1.54) is 53.2 Å². The smallest absolute Gasteiger partial charge is 0.160 e. The Morgan fingerprint density at radius 2 is 0.877 bits per heavy atom. The number of hydrogen-bond acceptors (Lipinski definition) is 4. The molecule has 0 amide bonds. The van der Waals surface area contributed by atoms with Crippen LogP contribution in [0.15, 0.2) is 200 Å². The second-order valence-corrected chi connectivity index (χ2v) is 15.4. The number of hydrogen-bond donors (Lipinski definition) is 0. The first kappa shape index (κ1) is 33.1. The molecule has 8 aromatic carbocycles. The van der Waals surface area contributed by atoms with Gasteiger partial charge in [0.25, 0.3) is 0 Å². The summed E-state index contributed by atoms with van der Waals surface area (Å²) >= 11 is 1.83. The van der Waals surface area contributed by atoms with Crippen LogP contribution in [0.5, 0.6) is 0 Å². The fraction of sp³-hybridized carbons (Fsp3) is 0. The normalized spacial score (nSPS) is 11.5. The molecule has 3 nitrogen and oxygen atoms in total. The molecule has 0 aliphatic rings. The highest BCUT2D eigenvalue weighted by Gasteiger charge is 2.19. The number of aromatic nitrogens is 3. The van der Waals surface area contributed by atoms with Crippen molar-refractivity contribution >= 4 is 53.2 Å². The lowest BCUT2D eigenvalue weighted by atomic mass is 9.97. The second-order valence-electron chi connectivity index (χ2n) is 14.4. The van der Waals surface area contributed by atoms with E-state index < -0.39 is 0 Å². The monoisotopic (exact) mass is 743 g/mol. The molecular weight excluding hydrogens is 711 g/mol. The minimum Gasteiger partial charge on any atom is -0.247 e. The summed E-state index contributed by atoms with van der Waals surface area (Å²) in [6.45, 7) is 0. The van der Waals surface area contributed by atoms with Crippen LogP contribution in [0, 0.1) is 0 Å². The van der Waals surface area contributed by atoms with Crippen molar-refractivity contribution in [3.63, 3.8) is 0 Å². The van der Waals surface area contributed by atoms with E-state index in [-0.39, 0.29) is 0 Å². The number of benzene rings is 8. The van der Waals surface area contributed by atoms with E-state index in [0.717, 1.165) is 50.2 Å². The Kier molecular flexibility index (Phi) is 8.01. The highest BCUT2D eigenvalue weighted by Crippen LogP contribution is 2.45. The van der Waals surface area contributed by atoms with Gasteiger partial charge in [0.1, 0.15) is 0 Å². The molecule has 3 heterocycles. The van der Waals surface area contributed by atoms with E-state index in [9.17, 15) is 0 Å². The molecule has 0 bridgehead atoms. The van der Waals surface area contributed by atoms with Gasteiger partial charge in [-0.3, -0.25) is 0 Å². The first-order valence-electron chi connectivity index (χ1n) is 19.2. The van der Waals surface area contributed by atoms with E-state index in [1.807, 2.05) is 23.5 Å². The summed E-state index contributed by atoms with van der Waals surface area (Å²) in [7, 11) is 0. The molecule has 266 valence electrons. The molecule has 4 heteroatoms. The van der Waals surface area contributed by atoms with E-state index in [0.29, 0.717) is 5.82 Å². The molecule has 0 fully saturated rings. The maximum Gasteiger partial charge on any atom is 0.160 e. The average Bonchev–Trinajstić information content (AvgIpc) is 3.69. The van der Waals surface area contributed by atoms with Crippen molar-refractivity contribution in [2.24, 2.45) is 0 Å². The van der Waals surface area contributed by atoms with E-state index >= 15 is 0 Å². The summed E-state index contributed by atoms with van der Waals surface area (Å²) in [5.74, 6) is 0.677. The van der Waals surface area contributed by atoms with Crippen LogP contribution >= 0.6 is 11.3 Å². The molecule has 0 saturated carbocycles. The molecule has 3 aromatic heterocycles. The van der Waals surface area contributed by atoms with Gasteiger partial charge in [0.15, 0.2) is 5.82 Å². The van der Waals surface area contributed by atoms with Gasteiger partial charge in [0, 0.05) is 47.8 Å². The largest absolute Gasteiger partial charge is 0.247 e. The van der Waals surface area contributed by atoms with Crippen LogP contribution in [0.2, 0.25) is 0 Å². The molecule has 0 saturated heterocycles. The van der Waals surface area contributed by atoms with Crippen LogP contribution in [0.4, 0.5) is 0 Å². The molecular formula is C53H33N3S.